The summed E-state index contributed by atoms with van der Waals surface area (Å²) in [6.07, 6.45) is 1.87. The minimum absolute atomic E-state index is 0.241. The minimum Gasteiger partial charge on any atom is -0.305 e. The van der Waals surface area contributed by atoms with Crippen molar-refractivity contribution in [3.8, 4) is 11.4 Å². The van der Waals surface area contributed by atoms with Crippen molar-refractivity contribution in [2.24, 2.45) is 7.05 Å². The molecule has 0 radical (unpaired) electrons. The molecule has 3 aromatic rings. The molecule has 5 nitrogen and oxygen atoms in total. The highest BCUT2D eigenvalue weighted by molar-refractivity contribution is 7.99. The fraction of sp³-hybridized carbons (Fsp3) is 0.200. The van der Waals surface area contributed by atoms with Crippen LogP contribution in [0, 0.1) is 5.82 Å². The van der Waals surface area contributed by atoms with E-state index in [0.29, 0.717) is 28.1 Å². The molecular weight excluding hydrogens is 337 g/mol. The highest BCUT2D eigenvalue weighted by atomic mass is 35.5. The Kier molecular flexibility index (Phi) is 4.58. The zero-order chi connectivity index (χ0) is 16.4. The van der Waals surface area contributed by atoms with Gasteiger partial charge in [0, 0.05) is 17.6 Å². The minimum atomic E-state index is -0.410. The highest BCUT2D eigenvalue weighted by Crippen LogP contribution is 2.30. The molecule has 0 fully saturated rings. The number of halogens is 2. The van der Waals surface area contributed by atoms with Crippen molar-refractivity contribution in [2.75, 3.05) is 0 Å². The van der Waals surface area contributed by atoms with Crippen LogP contribution in [0.25, 0.3) is 11.4 Å². The zero-order valence-electron chi connectivity index (χ0n) is 12.5. The van der Waals surface area contributed by atoms with Crippen LogP contribution in [0.3, 0.4) is 0 Å². The molecular formula is C15H13ClFN5S. The summed E-state index contributed by atoms with van der Waals surface area (Å²) in [7, 11) is 1.82. The normalized spacial score (nSPS) is 11.0. The van der Waals surface area contributed by atoms with E-state index in [1.807, 2.05) is 26.1 Å². The highest BCUT2D eigenvalue weighted by Gasteiger charge is 2.17. The van der Waals surface area contributed by atoms with Gasteiger partial charge in [-0.1, -0.05) is 30.7 Å². The van der Waals surface area contributed by atoms with Gasteiger partial charge in [-0.15, -0.1) is 10.2 Å². The lowest BCUT2D eigenvalue weighted by atomic mass is 10.2. The number of benzene rings is 1. The van der Waals surface area contributed by atoms with Gasteiger partial charge in [0.1, 0.15) is 11.4 Å². The quantitative estimate of drug-likeness (QED) is 0.671. The summed E-state index contributed by atoms with van der Waals surface area (Å²) >= 11 is 7.13. The van der Waals surface area contributed by atoms with Crippen LogP contribution in [0.1, 0.15) is 12.6 Å². The Bertz CT molecular complexity index is 852. The van der Waals surface area contributed by atoms with E-state index >= 15 is 0 Å². The number of aryl methyl sites for hydroxylation is 1. The van der Waals surface area contributed by atoms with E-state index in [2.05, 4.69) is 20.2 Å². The second-order valence-corrected chi connectivity index (χ2v) is 6.16. The van der Waals surface area contributed by atoms with Crippen molar-refractivity contribution >= 4 is 23.4 Å². The Morgan fingerprint density at radius 3 is 2.83 bits per heavy atom. The van der Waals surface area contributed by atoms with E-state index < -0.39 is 5.82 Å². The summed E-state index contributed by atoms with van der Waals surface area (Å²) < 4.78 is 16.0. The molecule has 2 aromatic heterocycles. The van der Waals surface area contributed by atoms with Crippen LogP contribution in [0.2, 0.25) is 5.02 Å². The number of nitrogens with zero attached hydrogens (tertiary/aromatic N) is 5. The zero-order valence-corrected chi connectivity index (χ0v) is 14.1. The predicted octanol–water partition coefficient (Wildman–Crippen LogP) is 3.78. The lowest BCUT2D eigenvalue weighted by Crippen LogP contribution is -1.99. The van der Waals surface area contributed by atoms with Crippen molar-refractivity contribution in [2.45, 2.75) is 23.5 Å². The molecule has 0 amide bonds. The summed E-state index contributed by atoms with van der Waals surface area (Å²) in [5.41, 5.74) is 1.23. The number of hydrogen-bond acceptors (Lipinski definition) is 5. The van der Waals surface area contributed by atoms with Crippen LogP contribution < -0.4 is 0 Å². The Balaban J connectivity index is 1.94. The maximum Gasteiger partial charge on any atom is 0.197 e. The number of aromatic nitrogens is 5. The Morgan fingerprint density at radius 1 is 1.26 bits per heavy atom. The fourth-order valence-corrected chi connectivity index (χ4v) is 3.05. The fourth-order valence-electron chi connectivity index (χ4n) is 2.07. The molecule has 0 saturated heterocycles. The molecule has 3 rings (SSSR count). The lowest BCUT2D eigenvalue weighted by molar-refractivity contribution is 0.558. The summed E-state index contributed by atoms with van der Waals surface area (Å²) in [5, 5.41) is 9.68. The van der Waals surface area contributed by atoms with Gasteiger partial charge >= 0.3 is 0 Å². The molecule has 0 spiro atoms. The molecule has 8 heteroatoms. The van der Waals surface area contributed by atoms with E-state index in [0.717, 1.165) is 17.3 Å². The molecule has 23 heavy (non-hydrogen) atoms. The van der Waals surface area contributed by atoms with Gasteiger partial charge in [0.15, 0.2) is 16.8 Å². The van der Waals surface area contributed by atoms with Gasteiger partial charge < -0.3 is 4.57 Å². The van der Waals surface area contributed by atoms with Gasteiger partial charge in [0.25, 0.3) is 0 Å². The van der Waals surface area contributed by atoms with E-state index in [4.69, 9.17) is 11.6 Å². The van der Waals surface area contributed by atoms with Crippen molar-refractivity contribution in [1.29, 1.82) is 0 Å². The summed E-state index contributed by atoms with van der Waals surface area (Å²) in [6.45, 7) is 1.85. The van der Waals surface area contributed by atoms with Gasteiger partial charge in [0.2, 0.25) is 0 Å². The molecule has 2 heterocycles. The van der Waals surface area contributed by atoms with E-state index in [1.165, 1.54) is 6.33 Å². The maximum absolute atomic E-state index is 14.3. The molecule has 118 valence electrons. The van der Waals surface area contributed by atoms with Crippen molar-refractivity contribution in [3.63, 3.8) is 0 Å². The summed E-state index contributed by atoms with van der Waals surface area (Å²) in [4.78, 5) is 7.92. The number of hydrogen-bond donors (Lipinski definition) is 0. The second kappa shape index (κ2) is 6.64. The standard InChI is InChI=1S/C15H13ClFN5S/c1-3-11-12(17)14(19-8-18-11)23-15-21-20-13(22(15)2)9-5-4-6-10(16)7-9/h4-8H,3H2,1-2H3. The average molecular weight is 350 g/mol. The van der Waals surface area contributed by atoms with Gasteiger partial charge in [-0.25, -0.2) is 14.4 Å². The number of rotatable bonds is 4. The monoisotopic (exact) mass is 349 g/mol. The van der Waals surface area contributed by atoms with Crippen LogP contribution >= 0.6 is 23.4 Å². The molecule has 0 aliphatic carbocycles. The smallest absolute Gasteiger partial charge is 0.197 e. The average Bonchev–Trinajstić information content (AvgIpc) is 2.90. The first-order valence-electron chi connectivity index (χ1n) is 6.92. The summed E-state index contributed by atoms with van der Waals surface area (Å²) in [5.74, 6) is 0.243. The Hall–Kier alpha value is -1.99. The third kappa shape index (κ3) is 3.20. The van der Waals surface area contributed by atoms with Gasteiger partial charge in [-0.3, -0.25) is 0 Å². The largest absolute Gasteiger partial charge is 0.305 e. The first-order valence-corrected chi connectivity index (χ1v) is 8.12. The third-order valence-corrected chi connectivity index (χ3v) is 4.52. The van der Waals surface area contributed by atoms with Crippen molar-refractivity contribution in [3.05, 3.63) is 47.1 Å². The first kappa shape index (κ1) is 15.9. The Morgan fingerprint density at radius 2 is 2.09 bits per heavy atom. The topological polar surface area (TPSA) is 56.5 Å². The van der Waals surface area contributed by atoms with Crippen LogP contribution in [0.4, 0.5) is 4.39 Å². The van der Waals surface area contributed by atoms with Crippen LogP contribution in [-0.4, -0.2) is 24.7 Å². The molecule has 0 aliphatic heterocycles. The van der Waals surface area contributed by atoms with Crippen LogP contribution in [0.15, 0.2) is 40.8 Å². The molecule has 0 atom stereocenters. The van der Waals surface area contributed by atoms with E-state index in [1.54, 1.807) is 16.7 Å². The van der Waals surface area contributed by atoms with E-state index in [-0.39, 0.29) is 5.03 Å². The molecule has 0 unspecified atom stereocenters. The molecule has 1 aromatic carbocycles. The summed E-state index contributed by atoms with van der Waals surface area (Å²) in [6, 6.07) is 7.33. The van der Waals surface area contributed by atoms with Gasteiger partial charge in [0.05, 0.1) is 5.69 Å². The van der Waals surface area contributed by atoms with Crippen molar-refractivity contribution in [1.82, 2.24) is 24.7 Å². The third-order valence-electron chi connectivity index (χ3n) is 3.27. The second-order valence-electron chi connectivity index (χ2n) is 4.77. The van der Waals surface area contributed by atoms with Crippen LogP contribution in [-0.2, 0) is 13.5 Å². The predicted molar refractivity (Wildman–Crippen MR) is 86.9 cm³/mol. The van der Waals surface area contributed by atoms with Gasteiger partial charge in [-0.05, 0) is 30.3 Å². The first-order chi connectivity index (χ1) is 11.1. The lowest BCUT2D eigenvalue weighted by Gasteiger charge is -2.05. The maximum atomic E-state index is 14.3. The van der Waals surface area contributed by atoms with Crippen molar-refractivity contribution < 1.29 is 4.39 Å². The molecule has 0 saturated carbocycles. The SMILES string of the molecule is CCc1ncnc(Sc2nnc(-c3cccc(Cl)c3)n2C)c1F. The molecule has 0 bridgehead atoms. The molecule has 0 aliphatic rings. The Labute approximate surface area is 141 Å². The van der Waals surface area contributed by atoms with Crippen LogP contribution in [0.5, 0.6) is 0 Å². The van der Waals surface area contributed by atoms with Gasteiger partial charge in [-0.2, -0.15) is 0 Å². The molecule has 0 N–H and O–H groups in total. The van der Waals surface area contributed by atoms with E-state index in [9.17, 15) is 4.39 Å².